The molecule has 1 heterocycles. The monoisotopic (exact) mass is 199 g/mol. The molecule has 0 aliphatic heterocycles. The van der Waals surface area contributed by atoms with Crippen molar-refractivity contribution in [3.8, 4) is 5.75 Å². The summed E-state index contributed by atoms with van der Waals surface area (Å²) in [5, 5.41) is 0.344. The summed E-state index contributed by atoms with van der Waals surface area (Å²) >= 11 is 5.73. The Morgan fingerprint density at radius 3 is 2.85 bits per heavy atom. The third-order valence-corrected chi connectivity index (χ3v) is 1.70. The van der Waals surface area contributed by atoms with Gasteiger partial charge in [0.1, 0.15) is 5.02 Å². The molecule has 3 nitrogen and oxygen atoms in total. The van der Waals surface area contributed by atoms with Crippen LogP contribution in [0.5, 0.6) is 5.75 Å². The molecule has 0 bridgehead atoms. The Morgan fingerprint density at radius 1 is 1.62 bits per heavy atom. The van der Waals surface area contributed by atoms with Gasteiger partial charge in [0, 0.05) is 18.5 Å². The fraction of sp³-hybridized carbons (Fsp3) is 0.333. The van der Waals surface area contributed by atoms with E-state index < -0.39 is 0 Å². The lowest BCUT2D eigenvalue weighted by Gasteiger charge is -2.06. The van der Waals surface area contributed by atoms with E-state index in [-0.39, 0.29) is 11.9 Å². The second-order valence-corrected chi connectivity index (χ2v) is 3.29. The van der Waals surface area contributed by atoms with Gasteiger partial charge in [0.25, 0.3) is 0 Å². The van der Waals surface area contributed by atoms with Gasteiger partial charge in [0.2, 0.25) is 0 Å². The molecule has 1 aromatic heterocycles. The molecule has 0 aliphatic carbocycles. The Labute approximate surface area is 81.7 Å². The van der Waals surface area contributed by atoms with Crippen LogP contribution in [0.1, 0.15) is 13.8 Å². The quantitative estimate of drug-likeness (QED) is 0.687. The molecule has 13 heavy (non-hydrogen) atoms. The van der Waals surface area contributed by atoms with Crippen LogP contribution in [-0.2, 0) is 4.79 Å². The summed E-state index contributed by atoms with van der Waals surface area (Å²) in [6.45, 7) is 3.52. The fourth-order valence-electron chi connectivity index (χ4n) is 0.671. The summed E-state index contributed by atoms with van der Waals surface area (Å²) in [7, 11) is 0. The molecule has 1 aromatic rings. The zero-order valence-corrected chi connectivity index (χ0v) is 8.21. The molecular formula is C9H10ClNO2. The van der Waals surface area contributed by atoms with E-state index in [9.17, 15) is 4.79 Å². The van der Waals surface area contributed by atoms with Crippen LogP contribution in [-0.4, -0.2) is 11.0 Å². The van der Waals surface area contributed by atoms with Crippen molar-refractivity contribution in [1.82, 2.24) is 4.98 Å². The maximum atomic E-state index is 11.2. The van der Waals surface area contributed by atoms with Crippen molar-refractivity contribution in [2.75, 3.05) is 0 Å². The van der Waals surface area contributed by atoms with Crippen molar-refractivity contribution in [1.29, 1.82) is 0 Å². The Bertz CT molecular complexity index is 312. The van der Waals surface area contributed by atoms with Crippen LogP contribution in [0.3, 0.4) is 0 Å². The summed E-state index contributed by atoms with van der Waals surface area (Å²) in [4.78, 5) is 14.9. The number of hydrogen-bond acceptors (Lipinski definition) is 3. The first kappa shape index (κ1) is 9.99. The number of carbonyl (C=O) groups is 1. The van der Waals surface area contributed by atoms with Crippen LogP contribution in [0, 0.1) is 5.92 Å². The summed E-state index contributed by atoms with van der Waals surface area (Å²) in [6, 6.07) is 1.56. The minimum absolute atomic E-state index is 0.163. The number of ether oxygens (including phenoxy) is 1. The number of carbonyl (C=O) groups excluding carboxylic acids is 1. The molecule has 1 rings (SSSR count). The van der Waals surface area contributed by atoms with Crippen molar-refractivity contribution in [2.24, 2.45) is 5.92 Å². The van der Waals surface area contributed by atoms with Gasteiger partial charge >= 0.3 is 5.97 Å². The zero-order chi connectivity index (χ0) is 9.84. The molecule has 0 radical (unpaired) electrons. The van der Waals surface area contributed by atoms with Crippen LogP contribution in [0.2, 0.25) is 5.02 Å². The van der Waals surface area contributed by atoms with Crippen molar-refractivity contribution in [3.63, 3.8) is 0 Å². The molecule has 0 amide bonds. The van der Waals surface area contributed by atoms with Gasteiger partial charge in [0.15, 0.2) is 5.75 Å². The number of hydrogen-bond donors (Lipinski definition) is 0. The van der Waals surface area contributed by atoms with Gasteiger partial charge in [-0.3, -0.25) is 9.78 Å². The van der Waals surface area contributed by atoms with Gasteiger partial charge in [-0.05, 0) is 0 Å². The van der Waals surface area contributed by atoms with Crippen molar-refractivity contribution in [2.45, 2.75) is 13.8 Å². The predicted molar refractivity (Wildman–Crippen MR) is 49.7 cm³/mol. The third-order valence-electron chi connectivity index (χ3n) is 1.42. The summed E-state index contributed by atoms with van der Waals surface area (Å²) in [5.74, 6) is -0.104. The molecule has 0 spiro atoms. The maximum absolute atomic E-state index is 11.2. The molecule has 0 saturated carbocycles. The Hall–Kier alpha value is -1.09. The van der Waals surface area contributed by atoms with E-state index >= 15 is 0 Å². The lowest BCUT2D eigenvalue weighted by Crippen LogP contribution is -2.14. The summed E-state index contributed by atoms with van der Waals surface area (Å²) in [5.41, 5.74) is 0. The topological polar surface area (TPSA) is 39.2 Å². The standard InChI is InChI=1S/C9H10ClNO2/c1-6(2)9(12)13-8-3-4-11-5-7(8)10/h3-6H,1-2H3. The van der Waals surface area contributed by atoms with E-state index in [2.05, 4.69) is 4.98 Å². The van der Waals surface area contributed by atoms with E-state index in [1.54, 1.807) is 19.9 Å². The molecule has 0 N–H and O–H groups in total. The molecule has 0 aliphatic rings. The molecule has 4 heteroatoms. The van der Waals surface area contributed by atoms with Gasteiger partial charge < -0.3 is 4.74 Å². The summed E-state index contributed by atoms with van der Waals surface area (Å²) < 4.78 is 5.00. The third kappa shape index (κ3) is 2.70. The maximum Gasteiger partial charge on any atom is 0.313 e. The van der Waals surface area contributed by atoms with Crippen molar-refractivity contribution < 1.29 is 9.53 Å². The highest BCUT2D eigenvalue weighted by Gasteiger charge is 2.11. The molecule has 0 aromatic carbocycles. The minimum atomic E-state index is -0.298. The summed E-state index contributed by atoms with van der Waals surface area (Å²) in [6.07, 6.45) is 2.96. The van der Waals surface area contributed by atoms with Gasteiger partial charge in [-0.2, -0.15) is 0 Å². The van der Waals surface area contributed by atoms with Crippen LogP contribution in [0.25, 0.3) is 0 Å². The van der Waals surface area contributed by atoms with Crippen molar-refractivity contribution >= 4 is 17.6 Å². The van der Waals surface area contributed by atoms with Gasteiger partial charge in [-0.1, -0.05) is 25.4 Å². The molecular weight excluding hydrogens is 190 g/mol. The largest absolute Gasteiger partial charge is 0.425 e. The van der Waals surface area contributed by atoms with Gasteiger partial charge in [-0.15, -0.1) is 0 Å². The molecule has 70 valence electrons. The molecule has 0 saturated heterocycles. The van der Waals surface area contributed by atoms with E-state index in [4.69, 9.17) is 16.3 Å². The van der Waals surface area contributed by atoms with E-state index in [1.807, 2.05) is 0 Å². The Balaban J connectivity index is 2.75. The van der Waals surface area contributed by atoms with Crippen LogP contribution >= 0.6 is 11.6 Å². The Kier molecular flexibility index (Phi) is 3.25. The van der Waals surface area contributed by atoms with Gasteiger partial charge in [-0.25, -0.2) is 0 Å². The number of esters is 1. The van der Waals surface area contributed by atoms with E-state index in [0.29, 0.717) is 10.8 Å². The van der Waals surface area contributed by atoms with E-state index in [0.717, 1.165) is 0 Å². The first-order chi connectivity index (χ1) is 6.11. The van der Waals surface area contributed by atoms with E-state index in [1.165, 1.54) is 12.4 Å². The second-order valence-electron chi connectivity index (χ2n) is 2.88. The normalized spacial score (nSPS) is 10.2. The highest BCUT2D eigenvalue weighted by Crippen LogP contribution is 2.22. The highest BCUT2D eigenvalue weighted by atomic mass is 35.5. The second kappa shape index (κ2) is 4.23. The molecule has 0 fully saturated rings. The highest BCUT2D eigenvalue weighted by molar-refractivity contribution is 6.32. The first-order valence-electron chi connectivity index (χ1n) is 3.92. The first-order valence-corrected chi connectivity index (χ1v) is 4.30. The number of aromatic nitrogens is 1. The van der Waals surface area contributed by atoms with Crippen LogP contribution in [0.15, 0.2) is 18.5 Å². The number of nitrogens with zero attached hydrogens (tertiary/aromatic N) is 1. The lowest BCUT2D eigenvalue weighted by atomic mass is 10.2. The SMILES string of the molecule is CC(C)C(=O)Oc1ccncc1Cl. The average molecular weight is 200 g/mol. The minimum Gasteiger partial charge on any atom is -0.425 e. The number of rotatable bonds is 2. The predicted octanol–water partition coefficient (Wildman–Crippen LogP) is 2.30. The van der Waals surface area contributed by atoms with Crippen molar-refractivity contribution in [3.05, 3.63) is 23.5 Å². The van der Waals surface area contributed by atoms with Crippen LogP contribution in [0.4, 0.5) is 0 Å². The molecule has 0 unspecified atom stereocenters. The number of halogens is 1. The lowest BCUT2D eigenvalue weighted by molar-refractivity contribution is -0.137. The average Bonchev–Trinajstić information content (AvgIpc) is 2.08. The zero-order valence-electron chi connectivity index (χ0n) is 7.45. The molecule has 0 atom stereocenters. The smallest absolute Gasteiger partial charge is 0.313 e. The van der Waals surface area contributed by atoms with Gasteiger partial charge in [0.05, 0.1) is 5.92 Å². The van der Waals surface area contributed by atoms with Crippen LogP contribution < -0.4 is 4.74 Å². The Morgan fingerprint density at radius 2 is 2.31 bits per heavy atom. The fourth-order valence-corrected chi connectivity index (χ4v) is 0.829. The number of pyridine rings is 1.